The van der Waals surface area contributed by atoms with Gasteiger partial charge in [-0.3, -0.25) is 4.90 Å². The fourth-order valence-corrected chi connectivity index (χ4v) is 2.83. The summed E-state index contributed by atoms with van der Waals surface area (Å²) in [6.45, 7) is 5.51. The molecule has 0 aromatic carbocycles. The van der Waals surface area contributed by atoms with Crippen molar-refractivity contribution in [1.29, 1.82) is 0 Å². The van der Waals surface area contributed by atoms with Gasteiger partial charge < -0.3 is 10.4 Å². The molecular weight excluding hydrogens is 176 g/mol. The third-order valence-corrected chi connectivity index (χ3v) is 3.67. The Bertz CT molecular complexity index is 166. The topological polar surface area (TPSA) is 35.5 Å². The summed E-state index contributed by atoms with van der Waals surface area (Å²) in [6, 6.07) is 1.02. The molecule has 2 unspecified atom stereocenters. The zero-order valence-corrected chi connectivity index (χ0v) is 9.08. The van der Waals surface area contributed by atoms with Gasteiger partial charge in [-0.2, -0.15) is 0 Å². The van der Waals surface area contributed by atoms with Gasteiger partial charge in [0.15, 0.2) is 0 Å². The molecule has 1 aliphatic carbocycles. The normalized spacial score (nSPS) is 41.1. The van der Waals surface area contributed by atoms with E-state index in [4.69, 9.17) is 0 Å². The minimum Gasteiger partial charge on any atom is -0.391 e. The van der Waals surface area contributed by atoms with E-state index in [0.717, 1.165) is 26.1 Å². The average Bonchev–Trinajstić information content (AvgIpc) is 2.20. The van der Waals surface area contributed by atoms with Crippen LogP contribution in [0.5, 0.6) is 0 Å². The standard InChI is InChI=1S/C11H22N2O/c1-9-8-12-6-7-13(9)10-4-2-3-5-11(10)14/h9-12,14H,2-8H2,1H3/t9-,10?,11?/m0/s1. The van der Waals surface area contributed by atoms with E-state index in [1.165, 1.54) is 19.3 Å². The van der Waals surface area contributed by atoms with Crippen LogP contribution in [-0.2, 0) is 0 Å². The molecule has 0 aromatic rings. The van der Waals surface area contributed by atoms with Crippen LogP contribution in [0.4, 0.5) is 0 Å². The van der Waals surface area contributed by atoms with Gasteiger partial charge >= 0.3 is 0 Å². The second-order valence-electron chi connectivity index (χ2n) is 4.71. The minimum atomic E-state index is -0.0794. The summed E-state index contributed by atoms with van der Waals surface area (Å²) >= 11 is 0. The average molecular weight is 198 g/mol. The van der Waals surface area contributed by atoms with Crippen LogP contribution in [-0.4, -0.2) is 47.8 Å². The summed E-state index contributed by atoms with van der Waals surface area (Å²) in [5, 5.41) is 13.4. The van der Waals surface area contributed by atoms with Crippen molar-refractivity contribution in [3.05, 3.63) is 0 Å². The third kappa shape index (κ3) is 2.10. The number of hydrogen-bond acceptors (Lipinski definition) is 3. The fourth-order valence-electron chi connectivity index (χ4n) is 2.83. The lowest BCUT2D eigenvalue weighted by Crippen LogP contribution is -2.57. The predicted octanol–water partition coefficient (Wildman–Crippen LogP) is 0.584. The van der Waals surface area contributed by atoms with E-state index in [9.17, 15) is 5.11 Å². The molecule has 3 heteroatoms. The van der Waals surface area contributed by atoms with Crippen LogP contribution in [0, 0.1) is 0 Å². The van der Waals surface area contributed by atoms with Crippen molar-refractivity contribution in [2.45, 2.75) is 50.8 Å². The van der Waals surface area contributed by atoms with Gasteiger partial charge in [0.1, 0.15) is 0 Å². The summed E-state index contributed by atoms with van der Waals surface area (Å²) in [4.78, 5) is 2.50. The molecule has 2 rings (SSSR count). The van der Waals surface area contributed by atoms with E-state index in [0.29, 0.717) is 12.1 Å². The largest absolute Gasteiger partial charge is 0.391 e. The van der Waals surface area contributed by atoms with Crippen LogP contribution < -0.4 is 5.32 Å². The maximum atomic E-state index is 9.98. The zero-order valence-electron chi connectivity index (χ0n) is 9.08. The van der Waals surface area contributed by atoms with Gasteiger partial charge in [-0.15, -0.1) is 0 Å². The molecule has 2 aliphatic rings. The van der Waals surface area contributed by atoms with E-state index in [1.54, 1.807) is 0 Å². The number of nitrogens with one attached hydrogen (secondary N) is 1. The van der Waals surface area contributed by atoms with E-state index in [2.05, 4.69) is 17.1 Å². The summed E-state index contributed by atoms with van der Waals surface area (Å²) < 4.78 is 0. The van der Waals surface area contributed by atoms with Crippen molar-refractivity contribution >= 4 is 0 Å². The van der Waals surface area contributed by atoms with Gasteiger partial charge in [-0.05, 0) is 19.8 Å². The first-order valence-corrected chi connectivity index (χ1v) is 5.93. The zero-order chi connectivity index (χ0) is 9.97. The monoisotopic (exact) mass is 198 g/mol. The molecule has 0 bridgehead atoms. The van der Waals surface area contributed by atoms with Gasteiger partial charge in [-0.25, -0.2) is 0 Å². The first-order valence-electron chi connectivity index (χ1n) is 5.93. The highest BCUT2D eigenvalue weighted by atomic mass is 16.3. The van der Waals surface area contributed by atoms with Crippen molar-refractivity contribution < 1.29 is 5.11 Å². The summed E-state index contributed by atoms with van der Waals surface area (Å²) in [6.07, 6.45) is 4.60. The van der Waals surface area contributed by atoms with E-state index in [1.807, 2.05) is 0 Å². The number of nitrogens with zero attached hydrogens (tertiary/aromatic N) is 1. The number of piperazine rings is 1. The third-order valence-electron chi connectivity index (χ3n) is 3.67. The second kappa shape index (κ2) is 4.60. The number of aliphatic hydroxyl groups is 1. The molecule has 0 radical (unpaired) electrons. The Hall–Kier alpha value is -0.120. The Labute approximate surface area is 86.5 Å². The first-order chi connectivity index (χ1) is 6.79. The van der Waals surface area contributed by atoms with Crippen LogP contribution in [0.3, 0.4) is 0 Å². The van der Waals surface area contributed by atoms with E-state index in [-0.39, 0.29) is 6.10 Å². The van der Waals surface area contributed by atoms with Crippen molar-refractivity contribution in [3.8, 4) is 0 Å². The molecule has 0 aromatic heterocycles. The van der Waals surface area contributed by atoms with Gasteiger partial charge in [0, 0.05) is 31.7 Å². The number of aliphatic hydroxyl groups excluding tert-OH is 1. The Morgan fingerprint density at radius 3 is 2.79 bits per heavy atom. The maximum absolute atomic E-state index is 9.98. The second-order valence-corrected chi connectivity index (χ2v) is 4.71. The molecular formula is C11H22N2O. The van der Waals surface area contributed by atoms with Crippen LogP contribution in [0.2, 0.25) is 0 Å². The van der Waals surface area contributed by atoms with E-state index < -0.39 is 0 Å². The van der Waals surface area contributed by atoms with Crippen molar-refractivity contribution in [1.82, 2.24) is 10.2 Å². The van der Waals surface area contributed by atoms with Crippen LogP contribution >= 0.6 is 0 Å². The van der Waals surface area contributed by atoms with E-state index >= 15 is 0 Å². The molecule has 1 saturated heterocycles. The van der Waals surface area contributed by atoms with Crippen LogP contribution in [0.15, 0.2) is 0 Å². The Kier molecular flexibility index (Phi) is 3.42. The first kappa shape index (κ1) is 10.4. The molecule has 2 N–H and O–H groups in total. The molecule has 0 spiro atoms. The SMILES string of the molecule is C[C@H]1CNCCN1C1CCCCC1O. The number of hydrogen-bond donors (Lipinski definition) is 2. The quantitative estimate of drug-likeness (QED) is 0.647. The Morgan fingerprint density at radius 1 is 1.29 bits per heavy atom. The molecule has 1 saturated carbocycles. The summed E-state index contributed by atoms with van der Waals surface area (Å²) in [7, 11) is 0. The maximum Gasteiger partial charge on any atom is 0.0695 e. The van der Waals surface area contributed by atoms with Gasteiger partial charge in [0.25, 0.3) is 0 Å². The summed E-state index contributed by atoms with van der Waals surface area (Å²) in [5.74, 6) is 0. The molecule has 3 nitrogen and oxygen atoms in total. The van der Waals surface area contributed by atoms with Gasteiger partial charge in [0.05, 0.1) is 6.10 Å². The Balaban J connectivity index is 1.96. The Morgan fingerprint density at radius 2 is 2.07 bits per heavy atom. The van der Waals surface area contributed by atoms with Gasteiger partial charge in [0.2, 0.25) is 0 Å². The highest BCUT2D eigenvalue weighted by molar-refractivity contribution is 4.88. The predicted molar refractivity (Wildman–Crippen MR) is 57.3 cm³/mol. The highest BCUT2D eigenvalue weighted by Gasteiger charge is 2.32. The van der Waals surface area contributed by atoms with Crippen LogP contribution in [0.25, 0.3) is 0 Å². The number of rotatable bonds is 1. The molecule has 82 valence electrons. The lowest BCUT2D eigenvalue weighted by atomic mass is 9.90. The lowest BCUT2D eigenvalue weighted by Gasteiger charge is -2.43. The molecule has 0 amide bonds. The lowest BCUT2D eigenvalue weighted by molar-refractivity contribution is -0.00605. The van der Waals surface area contributed by atoms with Crippen molar-refractivity contribution in [3.63, 3.8) is 0 Å². The highest BCUT2D eigenvalue weighted by Crippen LogP contribution is 2.25. The smallest absolute Gasteiger partial charge is 0.0695 e. The summed E-state index contributed by atoms with van der Waals surface area (Å²) in [5.41, 5.74) is 0. The molecule has 3 atom stereocenters. The van der Waals surface area contributed by atoms with Crippen LogP contribution in [0.1, 0.15) is 32.6 Å². The molecule has 1 aliphatic heterocycles. The van der Waals surface area contributed by atoms with Crippen molar-refractivity contribution in [2.75, 3.05) is 19.6 Å². The minimum absolute atomic E-state index is 0.0794. The molecule has 14 heavy (non-hydrogen) atoms. The molecule has 2 fully saturated rings. The fraction of sp³-hybridized carbons (Fsp3) is 1.00. The van der Waals surface area contributed by atoms with Gasteiger partial charge in [-0.1, -0.05) is 12.8 Å². The molecule has 1 heterocycles. The van der Waals surface area contributed by atoms with Crippen molar-refractivity contribution in [2.24, 2.45) is 0 Å².